The minimum Gasteiger partial charge on any atom is -0.454 e. The lowest BCUT2D eigenvalue weighted by Crippen LogP contribution is -2.34. The van der Waals surface area contributed by atoms with Gasteiger partial charge in [0.05, 0.1) is 5.56 Å². The zero-order valence-corrected chi connectivity index (χ0v) is 18.8. The first kappa shape index (κ1) is 20.6. The summed E-state index contributed by atoms with van der Waals surface area (Å²) in [6.45, 7) is 6.95. The molecule has 0 saturated heterocycles. The molecule has 4 rings (SSSR count). The molecule has 0 fully saturated rings. The normalized spacial score (nSPS) is 17.1. The molecule has 2 N–H and O–H groups in total. The van der Waals surface area contributed by atoms with Crippen LogP contribution in [0.25, 0.3) is 0 Å². The Hall–Kier alpha value is -2.63. The number of benzene rings is 1. The topological polar surface area (TPSA) is 83.4 Å². The average molecular weight is 442 g/mol. The van der Waals surface area contributed by atoms with Crippen molar-refractivity contribution in [2.75, 3.05) is 12.1 Å². The van der Waals surface area contributed by atoms with Crippen LogP contribution in [0.2, 0.25) is 0 Å². The predicted molar refractivity (Wildman–Crippen MR) is 120 cm³/mol. The number of fused-ring (bicyclic) bond motifs is 2. The Labute approximate surface area is 185 Å². The molecule has 1 aromatic carbocycles. The van der Waals surface area contributed by atoms with Crippen LogP contribution in [0.15, 0.2) is 18.2 Å². The molecule has 2 heterocycles. The fourth-order valence-electron chi connectivity index (χ4n) is 3.88. The van der Waals surface area contributed by atoms with Crippen molar-refractivity contribution in [2.24, 2.45) is 11.3 Å². The maximum absolute atomic E-state index is 12.6. The van der Waals surface area contributed by atoms with Crippen molar-refractivity contribution in [3.8, 4) is 17.6 Å². The number of anilines is 1. The highest BCUT2D eigenvalue weighted by Crippen LogP contribution is 2.44. The number of thiophene rings is 1. The van der Waals surface area contributed by atoms with Gasteiger partial charge in [0.25, 0.3) is 5.91 Å². The fraction of sp³-hybridized carbons (Fsp3) is 0.409. The Bertz CT molecular complexity index is 1060. The minimum absolute atomic E-state index is 0.149. The lowest BCUT2D eigenvalue weighted by Gasteiger charge is -2.33. The van der Waals surface area contributed by atoms with Crippen molar-refractivity contribution in [1.29, 1.82) is 5.26 Å². The van der Waals surface area contributed by atoms with Gasteiger partial charge in [-0.1, -0.05) is 20.8 Å². The van der Waals surface area contributed by atoms with Crippen molar-refractivity contribution in [3.63, 3.8) is 0 Å². The first-order chi connectivity index (χ1) is 14.3. The van der Waals surface area contributed by atoms with Crippen molar-refractivity contribution >= 4 is 39.6 Å². The molecule has 0 bridgehead atoms. The van der Waals surface area contributed by atoms with Gasteiger partial charge in [-0.3, -0.25) is 10.1 Å². The average Bonchev–Trinajstić information content (AvgIpc) is 3.29. The van der Waals surface area contributed by atoms with E-state index in [0.29, 0.717) is 33.5 Å². The lowest BCUT2D eigenvalue weighted by atomic mass is 9.72. The summed E-state index contributed by atoms with van der Waals surface area (Å²) in [6.07, 6.45) is 2.94. The molecule has 156 valence electrons. The van der Waals surface area contributed by atoms with E-state index in [-0.39, 0.29) is 23.2 Å². The van der Waals surface area contributed by atoms with Gasteiger partial charge in [-0.2, -0.15) is 5.26 Å². The van der Waals surface area contributed by atoms with Crippen LogP contribution < -0.4 is 20.1 Å². The van der Waals surface area contributed by atoms with Gasteiger partial charge >= 0.3 is 0 Å². The van der Waals surface area contributed by atoms with E-state index in [1.54, 1.807) is 29.5 Å². The zero-order chi connectivity index (χ0) is 21.5. The molecule has 8 heteroatoms. The van der Waals surface area contributed by atoms with E-state index >= 15 is 0 Å². The summed E-state index contributed by atoms with van der Waals surface area (Å²) < 4.78 is 10.6. The van der Waals surface area contributed by atoms with Crippen molar-refractivity contribution in [1.82, 2.24) is 5.32 Å². The van der Waals surface area contributed by atoms with E-state index < -0.39 is 0 Å². The van der Waals surface area contributed by atoms with Gasteiger partial charge < -0.3 is 14.8 Å². The van der Waals surface area contributed by atoms with E-state index in [9.17, 15) is 10.1 Å². The summed E-state index contributed by atoms with van der Waals surface area (Å²) in [5, 5.41) is 16.3. The molecule has 2 aliphatic rings. The van der Waals surface area contributed by atoms with Gasteiger partial charge in [0, 0.05) is 10.4 Å². The number of hydrogen-bond acceptors (Lipinski definition) is 6. The quantitative estimate of drug-likeness (QED) is 0.662. The monoisotopic (exact) mass is 441 g/mol. The van der Waals surface area contributed by atoms with Crippen molar-refractivity contribution < 1.29 is 14.3 Å². The second-order valence-corrected chi connectivity index (χ2v) is 10.1. The van der Waals surface area contributed by atoms with Crippen LogP contribution >= 0.6 is 23.6 Å². The number of amides is 1. The molecule has 0 unspecified atom stereocenters. The summed E-state index contributed by atoms with van der Waals surface area (Å²) in [6, 6.07) is 7.29. The number of ether oxygens (including phenoxy) is 2. The summed E-state index contributed by atoms with van der Waals surface area (Å²) in [5.74, 6) is 1.38. The maximum Gasteiger partial charge on any atom is 0.257 e. The standard InChI is InChI=1S/C22H23N3O3S2/c1-22(2,3)13-5-6-14-15(10-23)20(30-18(14)9-13)25-21(29)24-19(26)12-4-7-16-17(8-12)28-11-27-16/h4,7-8,13H,5-6,9,11H2,1-3H3,(H2,24,25,26,29)/t13-/m1/s1. The van der Waals surface area contributed by atoms with Crippen LogP contribution in [0.4, 0.5) is 5.00 Å². The second kappa shape index (κ2) is 7.89. The Morgan fingerprint density at radius 1 is 1.30 bits per heavy atom. The summed E-state index contributed by atoms with van der Waals surface area (Å²) >= 11 is 6.91. The molecule has 2 aromatic rings. The van der Waals surface area contributed by atoms with Gasteiger partial charge in [0.2, 0.25) is 6.79 Å². The van der Waals surface area contributed by atoms with Crippen LogP contribution in [-0.4, -0.2) is 17.8 Å². The highest BCUT2D eigenvalue weighted by atomic mass is 32.1. The molecular weight excluding hydrogens is 418 g/mol. The number of nitriles is 1. The van der Waals surface area contributed by atoms with E-state index in [0.717, 1.165) is 24.8 Å². The Balaban J connectivity index is 1.47. The van der Waals surface area contributed by atoms with Crippen LogP contribution in [0.3, 0.4) is 0 Å². The summed E-state index contributed by atoms with van der Waals surface area (Å²) in [4.78, 5) is 13.8. The molecule has 0 saturated carbocycles. The number of hydrogen-bond donors (Lipinski definition) is 2. The predicted octanol–water partition coefficient (Wildman–Crippen LogP) is 4.63. The Morgan fingerprint density at radius 2 is 2.07 bits per heavy atom. The largest absolute Gasteiger partial charge is 0.454 e. The van der Waals surface area contributed by atoms with Crippen molar-refractivity contribution in [2.45, 2.75) is 40.0 Å². The molecule has 1 amide bonds. The number of nitrogens with one attached hydrogen (secondary N) is 2. The highest BCUT2D eigenvalue weighted by Gasteiger charge is 2.32. The van der Waals surface area contributed by atoms with E-state index in [2.05, 4.69) is 37.5 Å². The maximum atomic E-state index is 12.6. The van der Waals surface area contributed by atoms with Crippen LogP contribution in [0, 0.1) is 22.7 Å². The third kappa shape index (κ3) is 4.00. The highest BCUT2D eigenvalue weighted by molar-refractivity contribution is 7.80. The van der Waals surface area contributed by atoms with Crippen LogP contribution in [0.1, 0.15) is 53.6 Å². The van der Waals surface area contributed by atoms with Gasteiger partial charge in [-0.05, 0) is 66.6 Å². The zero-order valence-electron chi connectivity index (χ0n) is 17.1. The second-order valence-electron chi connectivity index (χ2n) is 8.60. The minimum atomic E-state index is -0.349. The van der Waals surface area contributed by atoms with E-state index in [4.69, 9.17) is 21.7 Å². The molecule has 30 heavy (non-hydrogen) atoms. The fourth-order valence-corrected chi connectivity index (χ4v) is 5.42. The van der Waals surface area contributed by atoms with Gasteiger partial charge in [0.1, 0.15) is 11.1 Å². The number of carbonyl (C=O) groups excluding carboxylic acids is 1. The van der Waals surface area contributed by atoms with Crippen LogP contribution in [-0.2, 0) is 12.8 Å². The van der Waals surface area contributed by atoms with Gasteiger partial charge in [-0.15, -0.1) is 11.3 Å². The number of rotatable bonds is 2. The van der Waals surface area contributed by atoms with Crippen molar-refractivity contribution in [3.05, 3.63) is 39.8 Å². The van der Waals surface area contributed by atoms with Gasteiger partial charge in [0.15, 0.2) is 16.6 Å². The molecule has 0 spiro atoms. The van der Waals surface area contributed by atoms with Crippen LogP contribution in [0.5, 0.6) is 11.5 Å². The smallest absolute Gasteiger partial charge is 0.257 e. The molecule has 1 aromatic heterocycles. The summed E-state index contributed by atoms with van der Waals surface area (Å²) in [7, 11) is 0. The molecule has 1 aliphatic carbocycles. The Kier molecular flexibility index (Phi) is 5.43. The number of nitrogens with zero attached hydrogens (tertiary/aromatic N) is 1. The number of carbonyl (C=O) groups is 1. The first-order valence-electron chi connectivity index (χ1n) is 9.83. The van der Waals surface area contributed by atoms with E-state index in [1.165, 1.54) is 4.88 Å². The molecule has 1 aliphatic heterocycles. The van der Waals surface area contributed by atoms with E-state index in [1.807, 2.05) is 0 Å². The third-order valence-corrected chi connectivity index (χ3v) is 7.06. The lowest BCUT2D eigenvalue weighted by molar-refractivity contribution is 0.0977. The molecule has 6 nitrogen and oxygen atoms in total. The van der Waals surface area contributed by atoms with Gasteiger partial charge in [-0.25, -0.2) is 0 Å². The molecule has 1 atom stereocenters. The number of thiocarbonyl (C=S) groups is 1. The summed E-state index contributed by atoms with van der Waals surface area (Å²) in [5.41, 5.74) is 2.41. The first-order valence-corrected chi connectivity index (χ1v) is 11.1. The molecular formula is C22H23N3O3S2. The molecule has 0 radical (unpaired) electrons. The SMILES string of the molecule is CC(C)(C)[C@@H]1CCc2c(sc(NC(=S)NC(=O)c3ccc4c(c3)OCO4)c2C#N)C1. The third-order valence-electron chi connectivity index (χ3n) is 5.69. The Morgan fingerprint density at radius 3 is 2.80 bits per heavy atom.